The van der Waals surface area contributed by atoms with E-state index < -0.39 is 0 Å². The predicted molar refractivity (Wildman–Crippen MR) is 76.7 cm³/mol. The molecule has 1 fully saturated rings. The second kappa shape index (κ2) is 6.88. The van der Waals surface area contributed by atoms with Gasteiger partial charge in [0.25, 0.3) is 0 Å². The number of benzene rings is 1. The van der Waals surface area contributed by atoms with Gasteiger partial charge in [-0.15, -0.1) is 0 Å². The second-order valence-corrected chi connectivity index (χ2v) is 5.46. The number of piperazine rings is 1. The number of nitrogens with zero attached hydrogens (tertiary/aromatic N) is 2. The molecule has 1 atom stereocenters. The smallest absolute Gasteiger partial charge is 0.0234 e. The van der Waals surface area contributed by atoms with Crippen molar-refractivity contribution in [1.29, 1.82) is 0 Å². The minimum Gasteiger partial charge on any atom is -0.311 e. The van der Waals surface area contributed by atoms with Crippen LogP contribution < -0.4 is 5.32 Å². The Balaban J connectivity index is 1.79. The molecule has 0 aliphatic carbocycles. The molecular formula is C15H25N3. The Bertz CT molecular complexity index is 337. The van der Waals surface area contributed by atoms with E-state index in [9.17, 15) is 0 Å². The lowest BCUT2D eigenvalue weighted by Gasteiger charge is -2.34. The van der Waals surface area contributed by atoms with Crippen molar-refractivity contribution in [1.82, 2.24) is 15.1 Å². The number of hydrogen-bond donors (Lipinski definition) is 1. The van der Waals surface area contributed by atoms with E-state index >= 15 is 0 Å². The van der Waals surface area contributed by atoms with Crippen LogP contribution in [0.5, 0.6) is 0 Å². The van der Waals surface area contributed by atoms with E-state index in [2.05, 4.69) is 59.5 Å². The molecule has 100 valence electrons. The van der Waals surface area contributed by atoms with Gasteiger partial charge < -0.3 is 10.2 Å². The molecule has 1 unspecified atom stereocenters. The molecule has 1 aromatic carbocycles. The predicted octanol–water partition coefficient (Wildman–Crippen LogP) is 1.41. The molecule has 1 N–H and O–H groups in total. The molecule has 1 aliphatic heterocycles. The number of rotatable bonds is 5. The highest BCUT2D eigenvalue weighted by Crippen LogP contribution is 2.09. The Morgan fingerprint density at radius 2 is 2.06 bits per heavy atom. The third-order valence-corrected chi connectivity index (χ3v) is 3.51. The zero-order valence-corrected chi connectivity index (χ0v) is 11.6. The van der Waals surface area contributed by atoms with Crippen molar-refractivity contribution < 1.29 is 0 Å². The summed E-state index contributed by atoms with van der Waals surface area (Å²) in [6.07, 6.45) is 1.23. The molecule has 3 nitrogen and oxygen atoms in total. The third kappa shape index (κ3) is 4.41. The zero-order chi connectivity index (χ0) is 12.8. The molecule has 2 rings (SSSR count). The highest BCUT2D eigenvalue weighted by atomic mass is 15.2. The van der Waals surface area contributed by atoms with Gasteiger partial charge in [-0.05, 0) is 32.6 Å². The lowest BCUT2D eigenvalue weighted by Crippen LogP contribution is -2.50. The van der Waals surface area contributed by atoms with Crippen LogP contribution in [-0.4, -0.2) is 56.1 Å². The van der Waals surface area contributed by atoms with E-state index in [4.69, 9.17) is 0 Å². The van der Waals surface area contributed by atoms with Crippen molar-refractivity contribution in [2.24, 2.45) is 0 Å². The molecular weight excluding hydrogens is 222 g/mol. The summed E-state index contributed by atoms with van der Waals surface area (Å²) in [4.78, 5) is 4.82. The van der Waals surface area contributed by atoms with Crippen LogP contribution in [0, 0.1) is 0 Å². The molecule has 0 amide bonds. The van der Waals surface area contributed by atoms with Crippen molar-refractivity contribution in [3.63, 3.8) is 0 Å². The van der Waals surface area contributed by atoms with E-state index in [1.165, 1.54) is 18.5 Å². The maximum atomic E-state index is 3.62. The van der Waals surface area contributed by atoms with E-state index in [1.54, 1.807) is 0 Å². The summed E-state index contributed by atoms with van der Waals surface area (Å²) in [5.74, 6) is 0. The van der Waals surface area contributed by atoms with Crippen LogP contribution in [0.1, 0.15) is 12.0 Å². The summed E-state index contributed by atoms with van der Waals surface area (Å²) >= 11 is 0. The maximum Gasteiger partial charge on any atom is 0.0234 e. The molecule has 1 aromatic rings. The summed E-state index contributed by atoms with van der Waals surface area (Å²) in [6, 6.07) is 11.4. The first-order valence-corrected chi connectivity index (χ1v) is 6.88. The first-order chi connectivity index (χ1) is 8.74. The number of nitrogens with one attached hydrogen (secondary N) is 1. The van der Waals surface area contributed by atoms with Crippen LogP contribution in [0.15, 0.2) is 30.3 Å². The third-order valence-electron chi connectivity index (χ3n) is 3.51. The van der Waals surface area contributed by atoms with Gasteiger partial charge in [-0.3, -0.25) is 4.90 Å². The average Bonchev–Trinajstić information content (AvgIpc) is 2.38. The van der Waals surface area contributed by atoms with Crippen LogP contribution in [0.4, 0.5) is 0 Å². The largest absolute Gasteiger partial charge is 0.311 e. The van der Waals surface area contributed by atoms with E-state index in [0.717, 1.165) is 26.2 Å². The van der Waals surface area contributed by atoms with Crippen LogP contribution in [-0.2, 0) is 6.54 Å². The zero-order valence-electron chi connectivity index (χ0n) is 11.6. The average molecular weight is 247 g/mol. The molecule has 0 saturated carbocycles. The minimum absolute atomic E-state index is 0.643. The molecule has 1 saturated heterocycles. The fourth-order valence-corrected chi connectivity index (χ4v) is 2.49. The van der Waals surface area contributed by atoms with Crippen LogP contribution in [0.2, 0.25) is 0 Å². The van der Waals surface area contributed by atoms with Crippen LogP contribution in [0.25, 0.3) is 0 Å². The summed E-state index contributed by atoms with van der Waals surface area (Å²) in [6.45, 7) is 5.69. The fourth-order valence-electron chi connectivity index (χ4n) is 2.49. The van der Waals surface area contributed by atoms with Crippen molar-refractivity contribution in [2.75, 3.05) is 40.3 Å². The highest BCUT2D eigenvalue weighted by Gasteiger charge is 2.18. The van der Waals surface area contributed by atoms with Gasteiger partial charge in [-0.25, -0.2) is 0 Å². The second-order valence-electron chi connectivity index (χ2n) is 5.46. The Hall–Kier alpha value is -0.900. The summed E-state index contributed by atoms with van der Waals surface area (Å²) in [5.41, 5.74) is 1.42. The summed E-state index contributed by atoms with van der Waals surface area (Å²) in [5, 5.41) is 3.62. The molecule has 3 heteroatoms. The SMILES string of the molecule is CN(C)CCC1CN(Cc2ccccc2)CCN1. The summed E-state index contributed by atoms with van der Waals surface area (Å²) in [7, 11) is 4.29. The van der Waals surface area contributed by atoms with Gasteiger partial charge in [-0.2, -0.15) is 0 Å². The first kappa shape index (κ1) is 13.5. The lowest BCUT2D eigenvalue weighted by molar-refractivity contribution is 0.180. The molecule has 1 heterocycles. The highest BCUT2D eigenvalue weighted by molar-refractivity contribution is 5.14. The minimum atomic E-state index is 0.643. The van der Waals surface area contributed by atoms with Crippen molar-refractivity contribution in [2.45, 2.75) is 19.0 Å². The standard InChI is InChI=1S/C15H25N3/c1-17(2)10-8-15-13-18(11-9-16-15)12-14-6-4-3-5-7-14/h3-7,15-16H,8-13H2,1-2H3. The Morgan fingerprint density at radius 3 is 2.78 bits per heavy atom. The Labute approximate surface area is 111 Å². The van der Waals surface area contributed by atoms with Gasteiger partial charge in [0.2, 0.25) is 0 Å². The number of hydrogen-bond acceptors (Lipinski definition) is 3. The van der Waals surface area contributed by atoms with Gasteiger partial charge in [0, 0.05) is 32.2 Å². The van der Waals surface area contributed by atoms with Gasteiger partial charge in [0.1, 0.15) is 0 Å². The molecule has 0 bridgehead atoms. The van der Waals surface area contributed by atoms with E-state index in [0.29, 0.717) is 6.04 Å². The van der Waals surface area contributed by atoms with Gasteiger partial charge in [0.15, 0.2) is 0 Å². The van der Waals surface area contributed by atoms with Gasteiger partial charge in [0.05, 0.1) is 0 Å². The lowest BCUT2D eigenvalue weighted by atomic mass is 10.1. The maximum absolute atomic E-state index is 3.62. The molecule has 18 heavy (non-hydrogen) atoms. The molecule has 0 spiro atoms. The Morgan fingerprint density at radius 1 is 1.28 bits per heavy atom. The van der Waals surface area contributed by atoms with Crippen molar-refractivity contribution in [3.05, 3.63) is 35.9 Å². The molecule has 0 radical (unpaired) electrons. The van der Waals surface area contributed by atoms with Crippen molar-refractivity contribution >= 4 is 0 Å². The van der Waals surface area contributed by atoms with Crippen molar-refractivity contribution in [3.8, 4) is 0 Å². The van der Waals surface area contributed by atoms with Gasteiger partial charge in [-0.1, -0.05) is 30.3 Å². The topological polar surface area (TPSA) is 18.5 Å². The summed E-state index contributed by atoms with van der Waals surface area (Å²) < 4.78 is 0. The monoisotopic (exact) mass is 247 g/mol. The van der Waals surface area contributed by atoms with Crippen LogP contribution >= 0.6 is 0 Å². The normalized spacial score (nSPS) is 21.4. The van der Waals surface area contributed by atoms with E-state index in [1.807, 2.05) is 0 Å². The molecule has 1 aliphatic rings. The quantitative estimate of drug-likeness (QED) is 0.849. The fraction of sp³-hybridized carbons (Fsp3) is 0.600. The Kier molecular flexibility index (Phi) is 5.17. The van der Waals surface area contributed by atoms with E-state index in [-0.39, 0.29) is 0 Å². The van der Waals surface area contributed by atoms with Crippen LogP contribution in [0.3, 0.4) is 0 Å². The first-order valence-electron chi connectivity index (χ1n) is 6.88. The molecule has 0 aromatic heterocycles. The van der Waals surface area contributed by atoms with Gasteiger partial charge >= 0.3 is 0 Å².